The van der Waals surface area contributed by atoms with E-state index in [1.807, 2.05) is 41.8 Å². The van der Waals surface area contributed by atoms with Crippen LogP contribution in [0, 0.1) is 0 Å². The molecule has 0 fully saturated rings. The molecule has 0 unspecified atom stereocenters. The lowest BCUT2D eigenvalue weighted by Gasteiger charge is -1.99. The van der Waals surface area contributed by atoms with Crippen molar-refractivity contribution in [3.05, 3.63) is 70.4 Å². The average Bonchev–Trinajstić information content (AvgIpc) is 3.01. The van der Waals surface area contributed by atoms with E-state index in [0.29, 0.717) is 4.88 Å². The molecule has 2 aromatic carbocycles. The second kappa shape index (κ2) is 5.67. The van der Waals surface area contributed by atoms with Gasteiger partial charge in [0.25, 0.3) is 5.91 Å². The van der Waals surface area contributed by atoms with Crippen molar-refractivity contribution in [2.24, 2.45) is 5.10 Å². The fourth-order valence-corrected chi connectivity index (χ4v) is 2.53. The van der Waals surface area contributed by atoms with Crippen LogP contribution in [0.2, 0.25) is 0 Å². The number of nitrogens with zero attached hydrogens (tertiary/aromatic N) is 1. The molecule has 0 saturated carbocycles. The lowest BCUT2D eigenvalue weighted by atomic mass is 10.1. The van der Waals surface area contributed by atoms with Crippen LogP contribution in [-0.4, -0.2) is 12.1 Å². The molecule has 1 aromatic heterocycles. The number of hydrogen-bond donors (Lipinski definition) is 1. The van der Waals surface area contributed by atoms with Crippen molar-refractivity contribution in [1.29, 1.82) is 0 Å². The molecular weight excluding hydrogens is 268 g/mol. The Morgan fingerprint density at radius 2 is 1.90 bits per heavy atom. The van der Waals surface area contributed by atoms with E-state index >= 15 is 0 Å². The normalized spacial score (nSPS) is 11.0. The van der Waals surface area contributed by atoms with Crippen molar-refractivity contribution in [2.45, 2.75) is 0 Å². The molecule has 0 radical (unpaired) electrons. The molecule has 1 amide bonds. The largest absolute Gasteiger partial charge is 0.281 e. The summed E-state index contributed by atoms with van der Waals surface area (Å²) in [6.07, 6.45) is 1.65. The van der Waals surface area contributed by atoms with Crippen LogP contribution in [0.25, 0.3) is 10.8 Å². The molecule has 0 aliphatic rings. The first-order valence-electron chi connectivity index (χ1n) is 6.19. The highest BCUT2D eigenvalue weighted by Gasteiger charge is 2.03. The van der Waals surface area contributed by atoms with Gasteiger partial charge in [-0.05, 0) is 33.8 Å². The van der Waals surface area contributed by atoms with Gasteiger partial charge in [-0.1, -0.05) is 42.5 Å². The Bertz CT molecular complexity index is 763. The second-order valence-corrected chi connectivity index (χ2v) is 5.23. The van der Waals surface area contributed by atoms with Gasteiger partial charge in [0, 0.05) is 0 Å². The zero-order chi connectivity index (χ0) is 13.8. The Kier molecular flexibility index (Phi) is 3.56. The highest BCUT2D eigenvalue weighted by atomic mass is 32.1. The van der Waals surface area contributed by atoms with Gasteiger partial charge in [0.2, 0.25) is 0 Å². The molecule has 98 valence electrons. The van der Waals surface area contributed by atoms with Gasteiger partial charge in [0.1, 0.15) is 0 Å². The van der Waals surface area contributed by atoms with Crippen LogP contribution in [0.3, 0.4) is 0 Å². The highest BCUT2D eigenvalue weighted by molar-refractivity contribution is 7.12. The van der Waals surface area contributed by atoms with Gasteiger partial charge in [-0.3, -0.25) is 4.79 Å². The quantitative estimate of drug-likeness (QED) is 0.577. The third kappa shape index (κ3) is 2.75. The van der Waals surface area contributed by atoms with Crippen molar-refractivity contribution in [2.75, 3.05) is 0 Å². The number of carbonyl (C=O) groups is 1. The van der Waals surface area contributed by atoms with Crippen LogP contribution in [-0.2, 0) is 0 Å². The topological polar surface area (TPSA) is 41.5 Å². The fourth-order valence-electron chi connectivity index (χ4n) is 1.92. The van der Waals surface area contributed by atoms with E-state index in [2.05, 4.69) is 22.7 Å². The first kappa shape index (κ1) is 12.6. The molecule has 0 aliphatic carbocycles. The SMILES string of the molecule is O=C(NN=Cc1ccc2ccccc2c1)c1cccs1. The van der Waals surface area contributed by atoms with Gasteiger partial charge < -0.3 is 0 Å². The van der Waals surface area contributed by atoms with E-state index in [-0.39, 0.29) is 5.91 Å². The number of carbonyl (C=O) groups excluding carboxylic acids is 1. The monoisotopic (exact) mass is 280 g/mol. The molecule has 0 bridgehead atoms. The molecule has 20 heavy (non-hydrogen) atoms. The average molecular weight is 280 g/mol. The summed E-state index contributed by atoms with van der Waals surface area (Å²) in [7, 11) is 0. The molecule has 0 atom stereocenters. The van der Waals surface area contributed by atoms with Crippen molar-refractivity contribution in [3.63, 3.8) is 0 Å². The lowest BCUT2D eigenvalue weighted by Crippen LogP contribution is -2.16. The first-order valence-corrected chi connectivity index (χ1v) is 7.06. The maximum absolute atomic E-state index is 11.7. The maximum Gasteiger partial charge on any atom is 0.281 e. The van der Waals surface area contributed by atoms with Gasteiger partial charge >= 0.3 is 0 Å². The van der Waals surface area contributed by atoms with E-state index < -0.39 is 0 Å². The van der Waals surface area contributed by atoms with Crippen LogP contribution in [0.1, 0.15) is 15.2 Å². The Morgan fingerprint density at radius 1 is 1.05 bits per heavy atom. The predicted octanol–water partition coefficient (Wildman–Crippen LogP) is 3.67. The van der Waals surface area contributed by atoms with Crippen molar-refractivity contribution >= 4 is 34.2 Å². The fraction of sp³-hybridized carbons (Fsp3) is 0. The molecule has 3 aromatic rings. The van der Waals surface area contributed by atoms with Crippen LogP contribution in [0.4, 0.5) is 0 Å². The number of benzene rings is 2. The maximum atomic E-state index is 11.7. The van der Waals surface area contributed by atoms with Gasteiger partial charge in [-0.15, -0.1) is 11.3 Å². The van der Waals surface area contributed by atoms with Gasteiger partial charge in [0.05, 0.1) is 11.1 Å². The third-order valence-electron chi connectivity index (χ3n) is 2.90. The Hall–Kier alpha value is -2.46. The number of rotatable bonds is 3. The summed E-state index contributed by atoms with van der Waals surface area (Å²) in [5.41, 5.74) is 3.48. The summed E-state index contributed by atoms with van der Waals surface area (Å²) in [6, 6.07) is 17.8. The Balaban J connectivity index is 1.72. The summed E-state index contributed by atoms with van der Waals surface area (Å²) in [5, 5.41) is 8.19. The van der Waals surface area contributed by atoms with Gasteiger partial charge in [-0.25, -0.2) is 5.43 Å². The number of thiophene rings is 1. The standard InChI is InChI=1S/C16H12N2OS/c19-16(15-6-3-9-20-15)18-17-11-12-7-8-13-4-1-2-5-14(13)10-12/h1-11H,(H,18,19). The molecule has 3 nitrogen and oxygen atoms in total. The molecule has 0 aliphatic heterocycles. The minimum absolute atomic E-state index is 0.183. The van der Waals surface area contributed by atoms with Crippen molar-refractivity contribution < 1.29 is 4.79 Å². The number of hydrogen-bond acceptors (Lipinski definition) is 3. The van der Waals surface area contributed by atoms with Gasteiger partial charge in [0.15, 0.2) is 0 Å². The minimum Gasteiger partial charge on any atom is -0.266 e. The van der Waals surface area contributed by atoms with Gasteiger partial charge in [-0.2, -0.15) is 5.10 Å². The molecule has 4 heteroatoms. The lowest BCUT2D eigenvalue weighted by molar-refractivity contribution is 0.0959. The number of hydrazone groups is 1. The first-order chi connectivity index (χ1) is 9.83. The van der Waals surface area contributed by atoms with Crippen molar-refractivity contribution in [3.8, 4) is 0 Å². The summed E-state index contributed by atoms with van der Waals surface area (Å²) in [5.74, 6) is -0.183. The summed E-state index contributed by atoms with van der Waals surface area (Å²) >= 11 is 1.39. The molecule has 0 saturated heterocycles. The number of fused-ring (bicyclic) bond motifs is 1. The Labute approximate surface area is 120 Å². The van der Waals surface area contributed by atoms with Crippen LogP contribution in [0.5, 0.6) is 0 Å². The smallest absolute Gasteiger partial charge is 0.266 e. The molecule has 0 spiro atoms. The van der Waals surface area contributed by atoms with E-state index in [1.165, 1.54) is 16.7 Å². The van der Waals surface area contributed by atoms with E-state index in [4.69, 9.17) is 0 Å². The van der Waals surface area contributed by atoms with Crippen LogP contribution in [0.15, 0.2) is 65.1 Å². The van der Waals surface area contributed by atoms with Crippen molar-refractivity contribution in [1.82, 2.24) is 5.43 Å². The number of amides is 1. The minimum atomic E-state index is -0.183. The summed E-state index contributed by atoms with van der Waals surface area (Å²) in [6.45, 7) is 0. The second-order valence-electron chi connectivity index (χ2n) is 4.28. The molecule has 3 rings (SSSR count). The molecule has 1 N–H and O–H groups in total. The Morgan fingerprint density at radius 3 is 2.70 bits per heavy atom. The zero-order valence-electron chi connectivity index (χ0n) is 10.6. The third-order valence-corrected chi connectivity index (χ3v) is 3.77. The molecular formula is C16H12N2OS. The van der Waals surface area contributed by atoms with E-state index in [9.17, 15) is 4.79 Å². The van der Waals surface area contributed by atoms with E-state index in [0.717, 1.165) is 10.9 Å². The zero-order valence-corrected chi connectivity index (χ0v) is 11.4. The molecule has 1 heterocycles. The predicted molar refractivity (Wildman–Crippen MR) is 83.3 cm³/mol. The van der Waals surface area contributed by atoms with Crippen LogP contribution < -0.4 is 5.43 Å². The highest BCUT2D eigenvalue weighted by Crippen LogP contribution is 2.14. The summed E-state index contributed by atoms with van der Waals surface area (Å²) in [4.78, 5) is 12.3. The number of nitrogens with one attached hydrogen (secondary N) is 1. The van der Waals surface area contributed by atoms with Crippen LogP contribution >= 0.6 is 11.3 Å². The summed E-state index contributed by atoms with van der Waals surface area (Å²) < 4.78 is 0. The van der Waals surface area contributed by atoms with E-state index in [1.54, 1.807) is 12.3 Å².